The summed E-state index contributed by atoms with van der Waals surface area (Å²) in [5, 5.41) is 26.5. The Morgan fingerprint density at radius 1 is 1.07 bits per heavy atom. The summed E-state index contributed by atoms with van der Waals surface area (Å²) in [4.78, 5) is 23.5. The minimum Gasteiger partial charge on any atom is -0.389 e. The summed E-state index contributed by atoms with van der Waals surface area (Å²) >= 11 is 2.87. The fourth-order valence-corrected chi connectivity index (χ4v) is 8.75. The van der Waals surface area contributed by atoms with Gasteiger partial charge in [-0.2, -0.15) is 19.0 Å². The fourth-order valence-electron chi connectivity index (χ4n) is 7.10. The van der Waals surface area contributed by atoms with Gasteiger partial charge in [-0.05, 0) is 81.3 Å². The lowest BCUT2D eigenvalue weighted by molar-refractivity contribution is -0.122. The Labute approximate surface area is 330 Å². The van der Waals surface area contributed by atoms with Gasteiger partial charge in [-0.25, -0.2) is 27.5 Å². The van der Waals surface area contributed by atoms with Gasteiger partial charge in [-0.15, -0.1) is 0 Å². The van der Waals surface area contributed by atoms with Gasteiger partial charge in [-0.3, -0.25) is 14.2 Å². The maximum absolute atomic E-state index is 15.0. The van der Waals surface area contributed by atoms with Crippen molar-refractivity contribution in [2.24, 2.45) is 7.05 Å². The molecule has 0 aliphatic heterocycles. The Hall–Kier alpha value is -4.88. The standard InChI is InChI=1S/C38H37F6N9O2S2/c1-37(2,55)17-45-36-48-35-27(56-36)15-25(22-5-4-6-24-31(22)52(3)50-34(24)51-57-21-7-8-21)29(47-35)26(13-18-11-19(39)14-20(40)12-18)46-28(54)16-53-32-23(9-10-38(32,43)44)30(49-53)33(41)42/h4-6,11-12,14-15,21,26,33,55H,7-10,13,16-17H2,1-3H3,(H,46,54)(H,50,51)(H,45,47,48). The largest absolute Gasteiger partial charge is 0.389 e. The Morgan fingerprint density at radius 3 is 2.53 bits per heavy atom. The molecule has 1 amide bonds. The zero-order valence-electron chi connectivity index (χ0n) is 30.8. The number of aryl methyl sites for hydroxylation is 1. The van der Waals surface area contributed by atoms with Crippen molar-refractivity contribution in [3.63, 3.8) is 0 Å². The van der Waals surface area contributed by atoms with E-state index in [1.807, 2.05) is 24.3 Å². The van der Waals surface area contributed by atoms with E-state index in [4.69, 9.17) is 10.1 Å². The molecule has 6 aromatic rings. The van der Waals surface area contributed by atoms with Crippen molar-refractivity contribution < 1.29 is 36.2 Å². The Morgan fingerprint density at radius 2 is 1.82 bits per heavy atom. The van der Waals surface area contributed by atoms with Crippen molar-refractivity contribution in [3.05, 3.63) is 82.3 Å². The molecule has 300 valence electrons. The summed E-state index contributed by atoms with van der Waals surface area (Å²) in [5.74, 6) is -5.45. The van der Waals surface area contributed by atoms with Gasteiger partial charge in [0, 0.05) is 53.4 Å². The number of aromatic nitrogens is 6. The lowest BCUT2D eigenvalue weighted by Crippen LogP contribution is -2.35. The lowest BCUT2D eigenvalue weighted by atomic mass is 9.94. The number of nitrogens with one attached hydrogen (secondary N) is 3. The lowest BCUT2D eigenvalue weighted by Gasteiger charge is -2.23. The molecule has 8 rings (SSSR count). The number of pyridine rings is 1. The van der Waals surface area contributed by atoms with Gasteiger partial charge in [0.05, 0.1) is 27.6 Å². The van der Waals surface area contributed by atoms with Crippen LogP contribution in [0.2, 0.25) is 0 Å². The van der Waals surface area contributed by atoms with Gasteiger partial charge in [0.25, 0.3) is 12.3 Å². The second-order valence-corrected chi connectivity index (χ2v) is 17.1. The molecule has 4 aromatic heterocycles. The van der Waals surface area contributed by atoms with E-state index in [0.29, 0.717) is 48.3 Å². The van der Waals surface area contributed by atoms with Crippen molar-refractivity contribution in [3.8, 4) is 11.1 Å². The number of benzene rings is 2. The first-order valence-corrected chi connectivity index (χ1v) is 19.9. The second-order valence-electron chi connectivity index (χ2n) is 15.0. The molecular weight excluding hydrogens is 793 g/mol. The topological polar surface area (TPSA) is 135 Å². The van der Waals surface area contributed by atoms with Gasteiger partial charge < -0.3 is 20.5 Å². The summed E-state index contributed by atoms with van der Waals surface area (Å²) in [6, 6.07) is 9.20. The number of aliphatic hydroxyl groups is 1. The predicted octanol–water partition coefficient (Wildman–Crippen LogP) is 8.20. The molecule has 57 heavy (non-hydrogen) atoms. The van der Waals surface area contributed by atoms with Crippen LogP contribution in [0, 0.1) is 11.6 Å². The predicted molar refractivity (Wildman–Crippen MR) is 206 cm³/mol. The average Bonchev–Trinajstić information content (AvgIpc) is 3.44. The number of halogens is 6. The van der Waals surface area contributed by atoms with Crippen molar-refractivity contribution in [2.45, 2.75) is 81.7 Å². The van der Waals surface area contributed by atoms with Crippen LogP contribution in [0.5, 0.6) is 0 Å². The average molecular weight is 830 g/mol. The highest BCUT2D eigenvalue weighted by molar-refractivity contribution is 8.01. The third-order valence-corrected chi connectivity index (χ3v) is 11.8. The van der Waals surface area contributed by atoms with Gasteiger partial charge in [-0.1, -0.05) is 23.5 Å². The van der Waals surface area contributed by atoms with Gasteiger partial charge in [0.15, 0.2) is 16.6 Å². The minimum absolute atomic E-state index is 0.144. The molecule has 0 bridgehead atoms. The second kappa shape index (κ2) is 14.8. The van der Waals surface area contributed by atoms with E-state index in [9.17, 15) is 27.5 Å². The zero-order valence-corrected chi connectivity index (χ0v) is 32.5. The van der Waals surface area contributed by atoms with Crippen LogP contribution >= 0.6 is 23.3 Å². The first-order valence-electron chi connectivity index (χ1n) is 18.2. The Kier molecular flexibility index (Phi) is 10.1. The SMILES string of the molecule is Cn1nc(NSC2CC2)c2cccc(-c3cc4sc(NCC(C)(C)O)nc4nc3C(Cc3cc(F)cc(F)c3)NC(=O)Cn3nc(C(F)F)c4c3C(F)(F)CC4)c21. The molecule has 2 aliphatic carbocycles. The number of fused-ring (bicyclic) bond motifs is 3. The van der Waals surface area contributed by atoms with E-state index < -0.39 is 65.9 Å². The summed E-state index contributed by atoms with van der Waals surface area (Å²) < 4.78 is 93.4. The third-order valence-electron chi connectivity index (χ3n) is 9.73. The molecule has 19 heteroatoms. The van der Waals surface area contributed by atoms with Crippen LogP contribution in [0.3, 0.4) is 0 Å². The van der Waals surface area contributed by atoms with Crippen LogP contribution in [0.25, 0.3) is 32.4 Å². The van der Waals surface area contributed by atoms with Crippen molar-refractivity contribution in [1.82, 2.24) is 34.8 Å². The van der Waals surface area contributed by atoms with E-state index in [1.54, 1.807) is 37.5 Å². The van der Waals surface area contributed by atoms with Gasteiger partial charge in [0.2, 0.25) is 5.91 Å². The monoisotopic (exact) mass is 829 g/mol. The van der Waals surface area contributed by atoms with E-state index in [0.717, 1.165) is 30.4 Å². The molecule has 0 saturated heterocycles. The van der Waals surface area contributed by atoms with E-state index in [1.165, 1.54) is 11.3 Å². The normalized spacial score (nSPS) is 15.8. The number of rotatable bonds is 14. The molecule has 0 spiro atoms. The fraction of sp³-hybridized carbons (Fsp3) is 0.395. The van der Waals surface area contributed by atoms with Crippen LogP contribution in [0.4, 0.5) is 37.3 Å². The van der Waals surface area contributed by atoms with Crippen LogP contribution in [-0.4, -0.2) is 57.9 Å². The number of hydrogen-bond donors (Lipinski definition) is 4. The summed E-state index contributed by atoms with van der Waals surface area (Å²) in [6.07, 6.45) is -2.16. The van der Waals surface area contributed by atoms with Gasteiger partial charge in [0.1, 0.15) is 29.6 Å². The molecule has 1 fully saturated rings. The number of carbonyl (C=O) groups is 1. The molecule has 1 atom stereocenters. The summed E-state index contributed by atoms with van der Waals surface area (Å²) in [7, 11) is 1.79. The third kappa shape index (κ3) is 8.14. The summed E-state index contributed by atoms with van der Waals surface area (Å²) in [6.45, 7) is 2.60. The number of para-hydroxylation sites is 1. The Bertz CT molecular complexity index is 2490. The molecule has 1 unspecified atom stereocenters. The number of carbonyl (C=O) groups excluding carboxylic acids is 1. The summed E-state index contributed by atoms with van der Waals surface area (Å²) in [5.41, 5.74) is -0.409. The minimum atomic E-state index is -3.48. The van der Waals surface area contributed by atoms with Crippen molar-refractivity contribution in [2.75, 3.05) is 16.6 Å². The molecular formula is C38H37F6N9O2S2. The molecule has 1 saturated carbocycles. The number of amides is 1. The van der Waals surface area contributed by atoms with Crippen molar-refractivity contribution in [1.29, 1.82) is 0 Å². The van der Waals surface area contributed by atoms with E-state index in [-0.39, 0.29) is 41.9 Å². The highest BCUT2D eigenvalue weighted by Gasteiger charge is 2.46. The van der Waals surface area contributed by atoms with Crippen LogP contribution in [0.15, 0.2) is 42.5 Å². The van der Waals surface area contributed by atoms with Crippen LogP contribution in [0.1, 0.15) is 73.8 Å². The number of anilines is 2. The molecule has 2 aliphatic rings. The molecule has 4 heterocycles. The highest BCUT2D eigenvalue weighted by Crippen LogP contribution is 2.45. The smallest absolute Gasteiger partial charge is 0.290 e. The molecule has 0 radical (unpaired) electrons. The Balaban J connectivity index is 1.26. The van der Waals surface area contributed by atoms with Gasteiger partial charge >= 0.3 is 0 Å². The number of nitrogens with zero attached hydrogens (tertiary/aromatic N) is 6. The van der Waals surface area contributed by atoms with Crippen LogP contribution < -0.4 is 15.4 Å². The number of thiazole rings is 1. The molecule has 11 nitrogen and oxygen atoms in total. The zero-order chi connectivity index (χ0) is 40.4. The van der Waals surface area contributed by atoms with E-state index >= 15 is 8.78 Å². The van der Waals surface area contributed by atoms with E-state index in [2.05, 4.69) is 25.4 Å². The number of hydrogen-bond acceptors (Lipinski definition) is 10. The van der Waals surface area contributed by atoms with Crippen LogP contribution in [-0.2, 0) is 37.2 Å². The molecule has 2 aromatic carbocycles. The maximum Gasteiger partial charge on any atom is 0.290 e. The quantitative estimate of drug-likeness (QED) is 0.0634. The first kappa shape index (κ1) is 39.0. The molecule has 4 N–H and O–H groups in total. The first-order chi connectivity index (χ1) is 27.0. The maximum atomic E-state index is 15.0. The highest BCUT2D eigenvalue weighted by atomic mass is 32.2. The number of alkyl halides is 4. The van der Waals surface area contributed by atoms with Crippen molar-refractivity contribution >= 4 is 61.4 Å².